The maximum absolute atomic E-state index is 11.1. The van der Waals surface area contributed by atoms with Crippen molar-refractivity contribution in [3.05, 3.63) is 12.7 Å². The predicted octanol–water partition coefficient (Wildman–Crippen LogP) is 1.93. The number of carbonyl (C=O) groups is 1. The molecule has 0 radical (unpaired) electrons. The van der Waals surface area contributed by atoms with Crippen molar-refractivity contribution in [2.45, 2.75) is 26.2 Å². The first-order valence-electron chi connectivity index (χ1n) is 3.33. The molecule has 9 heavy (non-hydrogen) atoms. The molecule has 0 aromatic heterocycles. The van der Waals surface area contributed by atoms with Gasteiger partial charge in [0.15, 0.2) is 0 Å². The van der Waals surface area contributed by atoms with Crippen molar-refractivity contribution in [3.63, 3.8) is 0 Å². The molecule has 50 valence electrons. The molecule has 0 spiro atoms. The zero-order chi connectivity index (χ0) is 6.91. The van der Waals surface area contributed by atoms with Crippen molar-refractivity contribution in [3.8, 4) is 0 Å². The second-order valence-corrected chi connectivity index (χ2v) is 2.98. The van der Waals surface area contributed by atoms with Crippen molar-refractivity contribution >= 4 is 5.78 Å². The van der Waals surface area contributed by atoms with Gasteiger partial charge < -0.3 is 0 Å². The maximum atomic E-state index is 11.1. The van der Waals surface area contributed by atoms with Gasteiger partial charge >= 0.3 is 0 Å². The minimum absolute atomic E-state index is 0.0498. The Kier molecular flexibility index (Phi) is 1.43. The van der Waals surface area contributed by atoms with Gasteiger partial charge in [0.1, 0.15) is 5.78 Å². The third-order valence-corrected chi connectivity index (χ3v) is 2.00. The molecule has 0 unspecified atom stereocenters. The molecule has 0 amide bonds. The molecule has 1 aliphatic rings. The van der Waals surface area contributed by atoms with Gasteiger partial charge in [-0.05, 0) is 12.8 Å². The van der Waals surface area contributed by atoms with Gasteiger partial charge in [0.25, 0.3) is 0 Å². The molecule has 0 saturated heterocycles. The summed E-state index contributed by atoms with van der Waals surface area (Å²) in [5.74, 6) is 0.359. The highest BCUT2D eigenvalue weighted by Gasteiger charge is 2.43. The highest BCUT2D eigenvalue weighted by molar-refractivity contribution is 5.87. The van der Waals surface area contributed by atoms with E-state index in [1.165, 1.54) is 0 Å². The standard InChI is InChI=1S/C8H12O/c1-3-4-7(9)8(2)5-6-8/h3H,1,4-6H2,2H3. The fraction of sp³-hybridized carbons (Fsp3) is 0.625. The van der Waals surface area contributed by atoms with E-state index in [1.807, 2.05) is 6.92 Å². The van der Waals surface area contributed by atoms with E-state index in [9.17, 15) is 4.79 Å². The Morgan fingerprint density at radius 1 is 1.78 bits per heavy atom. The summed E-state index contributed by atoms with van der Waals surface area (Å²) in [5, 5.41) is 0. The van der Waals surface area contributed by atoms with E-state index in [1.54, 1.807) is 6.08 Å². The van der Waals surface area contributed by atoms with Crippen molar-refractivity contribution in [1.29, 1.82) is 0 Å². The van der Waals surface area contributed by atoms with E-state index < -0.39 is 0 Å². The van der Waals surface area contributed by atoms with E-state index in [4.69, 9.17) is 0 Å². The van der Waals surface area contributed by atoms with Crippen LogP contribution in [-0.2, 0) is 4.79 Å². The monoisotopic (exact) mass is 124 g/mol. The minimum atomic E-state index is 0.0498. The summed E-state index contributed by atoms with van der Waals surface area (Å²) < 4.78 is 0. The summed E-state index contributed by atoms with van der Waals surface area (Å²) in [6, 6.07) is 0. The van der Waals surface area contributed by atoms with Crippen molar-refractivity contribution in [2.24, 2.45) is 5.41 Å². The Balaban J connectivity index is 2.42. The molecule has 0 heterocycles. The van der Waals surface area contributed by atoms with Gasteiger partial charge in [-0.15, -0.1) is 6.58 Å². The largest absolute Gasteiger partial charge is 0.299 e. The molecular formula is C8H12O. The van der Waals surface area contributed by atoms with Crippen LogP contribution in [0.4, 0.5) is 0 Å². The zero-order valence-corrected chi connectivity index (χ0v) is 5.81. The Morgan fingerprint density at radius 2 is 2.33 bits per heavy atom. The first kappa shape index (κ1) is 6.53. The van der Waals surface area contributed by atoms with E-state index in [0.29, 0.717) is 12.2 Å². The van der Waals surface area contributed by atoms with Crippen molar-refractivity contribution in [1.82, 2.24) is 0 Å². The fourth-order valence-electron chi connectivity index (χ4n) is 0.844. The van der Waals surface area contributed by atoms with Gasteiger partial charge in [0.05, 0.1) is 0 Å². The maximum Gasteiger partial charge on any atom is 0.142 e. The fourth-order valence-corrected chi connectivity index (χ4v) is 0.844. The number of ketones is 1. The van der Waals surface area contributed by atoms with Crippen LogP contribution in [0.15, 0.2) is 12.7 Å². The van der Waals surface area contributed by atoms with Crippen LogP contribution < -0.4 is 0 Å². The number of hydrogen-bond donors (Lipinski definition) is 0. The molecule has 1 saturated carbocycles. The molecule has 0 bridgehead atoms. The van der Waals surface area contributed by atoms with Gasteiger partial charge in [-0.25, -0.2) is 0 Å². The van der Waals surface area contributed by atoms with Crippen LogP contribution >= 0.6 is 0 Å². The molecule has 1 nitrogen and oxygen atoms in total. The van der Waals surface area contributed by atoms with Crippen LogP contribution in [0, 0.1) is 5.41 Å². The van der Waals surface area contributed by atoms with Crippen molar-refractivity contribution < 1.29 is 4.79 Å². The normalized spacial score (nSPS) is 21.0. The number of carbonyl (C=O) groups excluding carboxylic acids is 1. The molecular weight excluding hydrogens is 112 g/mol. The highest BCUT2D eigenvalue weighted by atomic mass is 16.1. The van der Waals surface area contributed by atoms with Gasteiger partial charge in [0, 0.05) is 11.8 Å². The third-order valence-electron chi connectivity index (χ3n) is 2.00. The Hall–Kier alpha value is -0.590. The SMILES string of the molecule is C=CCC(=O)C1(C)CC1. The lowest BCUT2D eigenvalue weighted by Crippen LogP contribution is -2.09. The second kappa shape index (κ2) is 1.98. The minimum Gasteiger partial charge on any atom is -0.299 e. The van der Waals surface area contributed by atoms with Crippen LogP contribution in [0.2, 0.25) is 0 Å². The average molecular weight is 124 g/mol. The molecule has 1 rings (SSSR count). The molecule has 0 atom stereocenters. The van der Waals surface area contributed by atoms with Gasteiger partial charge in [-0.3, -0.25) is 4.79 Å². The molecule has 0 aromatic rings. The van der Waals surface area contributed by atoms with Gasteiger partial charge in [0.2, 0.25) is 0 Å². The van der Waals surface area contributed by atoms with E-state index in [-0.39, 0.29) is 5.41 Å². The Bertz CT molecular complexity index is 143. The molecule has 1 heteroatoms. The number of allylic oxidation sites excluding steroid dienone is 1. The molecule has 1 fully saturated rings. The lowest BCUT2D eigenvalue weighted by Gasteiger charge is -2.01. The van der Waals surface area contributed by atoms with Crippen LogP contribution in [0.3, 0.4) is 0 Å². The number of hydrogen-bond acceptors (Lipinski definition) is 1. The van der Waals surface area contributed by atoms with Crippen LogP contribution in [0.1, 0.15) is 26.2 Å². The summed E-state index contributed by atoms with van der Waals surface area (Å²) in [6.07, 6.45) is 4.40. The molecule has 0 N–H and O–H groups in total. The zero-order valence-electron chi connectivity index (χ0n) is 5.81. The van der Waals surface area contributed by atoms with Gasteiger partial charge in [-0.2, -0.15) is 0 Å². The molecule has 0 aromatic carbocycles. The highest BCUT2D eigenvalue weighted by Crippen LogP contribution is 2.46. The lowest BCUT2D eigenvalue weighted by atomic mass is 10.0. The first-order valence-corrected chi connectivity index (χ1v) is 3.33. The Labute approximate surface area is 55.8 Å². The second-order valence-electron chi connectivity index (χ2n) is 2.98. The lowest BCUT2D eigenvalue weighted by molar-refractivity contribution is -0.122. The summed E-state index contributed by atoms with van der Waals surface area (Å²) in [7, 11) is 0. The van der Waals surface area contributed by atoms with Crippen molar-refractivity contribution in [2.75, 3.05) is 0 Å². The van der Waals surface area contributed by atoms with E-state index >= 15 is 0 Å². The summed E-state index contributed by atoms with van der Waals surface area (Å²) in [5.41, 5.74) is 0.0498. The Morgan fingerprint density at radius 3 is 2.67 bits per heavy atom. The summed E-state index contributed by atoms with van der Waals surface area (Å²) in [6.45, 7) is 5.55. The van der Waals surface area contributed by atoms with Crippen LogP contribution in [0.25, 0.3) is 0 Å². The average Bonchev–Trinajstić information content (AvgIpc) is 2.50. The van der Waals surface area contributed by atoms with E-state index in [2.05, 4.69) is 6.58 Å². The van der Waals surface area contributed by atoms with Crippen LogP contribution in [-0.4, -0.2) is 5.78 Å². The number of rotatable bonds is 3. The van der Waals surface area contributed by atoms with Crippen LogP contribution in [0.5, 0.6) is 0 Å². The number of Topliss-reactive ketones (excluding diaryl/α,β-unsaturated/α-hetero) is 1. The summed E-state index contributed by atoms with van der Waals surface area (Å²) in [4.78, 5) is 11.1. The topological polar surface area (TPSA) is 17.1 Å². The molecule has 1 aliphatic carbocycles. The first-order chi connectivity index (χ1) is 4.19. The summed E-state index contributed by atoms with van der Waals surface area (Å²) >= 11 is 0. The third kappa shape index (κ3) is 1.21. The molecule has 0 aliphatic heterocycles. The quantitative estimate of drug-likeness (QED) is 0.525. The van der Waals surface area contributed by atoms with Gasteiger partial charge in [-0.1, -0.05) is 13.0 Å². The predicted molar refractivity (Wildman–Crippen MR) is 37.2 cm³/mol. The smallest absolute Gasteiger partial charge is 0.142 e. The van der Waals surface area contributed by atoms with E-state index in [0.717, 1.165) is 12.8 Å².